The SMILES string of the molecule is NCCC(=O)Nc1ncc[nH]1. The van der Waals surface area contributed by atoms with Gasteiger partial charge in [0.15, 0.2) is 0 Å². The number of anilines is 1. The summed E-state index contributed by atoms with van der Waals surface area (Å²) in [4.78, 5) is 17.4. The number of nitrogens with one attached hydrogen (secondary N) is 2. The molecule has 4 N–H and O–H groups in total. The molecule has 1 heterocycles. The van der Waals surface area contributed by atoms with Crippen molar-refractivity contribution in [1.82, 2.24) is 9.97 Å². The van der Waals surface area contributed by atoms with Crippen molar-refractivity contribution in [2.24, 2.45) is 5.73 Å². The molecule has 5 heteroatoms. The van der Waals surface area contributed by atoms with Crippen LogP contribution in [0.4, 0.5) is 5.95 Å². The number of hydrogen-bond donors (Lipinski definition) is 3. The van der Waals surface area contributed by atoms with Gasteiger partial charge in [-0.25, -0.2) is 4.98 Å². The lowest BCUT2D eigenvalue weighted by Crippen LogP contribution is -2.16. The van der Waals surface area contributed by atoms with E-state index in [1.165, 1.54) is 0 Å². The summed E-state index contributed by atoms with van der Waals surface area (Å²) in [6, 6.07) is 0. The normalized spacial score (nSPS) is 9.55. The summed E-state index contributed by atoms with van der Waals surface area (Å²) in [5.74, 6) is 0.339. The minimum absolute atomic E-state index is 0.123. The van der Waals surface area contributed by atoms with E-state index in [9.17, 15) is 4.79 Å². The zero-order chi connectivity index (χ0) is 8.10. The largest absolute Gasteiger partial charge is 0.331 e. The molecule has 1 aromatic rings. The van der Waals surface area contributed by atoms with E-state index in [0.717, 1.165) is 0 Å². The Labute approximate surface area is 64.0 Å². The minimum Gasteiger partial charge on any atom is -0.331 e. The number of rotatable bonds is 3. The van der Waals surface area contributed by atoms with Crippen molar-refractivity contribution in [2.45, 2.75) is 6.42 Å². The highest BCUT2D eigenvalue weighted by atomic mass is 16.1. The molecule has 0 aromatic carbocycles. The summed E-state index contributed by atoms with van der Waals surface area (Å²) in [7, 11) is 0. The molecule has 0 saturated carbocycles. The topological polar surface area (TPSA) is 83.8 Å². The summed E-state index contributed by atoms with van der Waals surface area (Å²) >= 11 is 0. The van der Waals surface area contributed by atoms with E-state index in [1.54, 1.807) is 12.4 Å². The molecule has 0 atom stereocenters. The summed E-state index contributed by atoms with van der Waals surface area (Å²) in [5, 5.41) is 2.54. The van der Waals surface area contributed by atoms with Crippen molar-refractivity contribution in [3.05, 3.63) is 12.4 Å². The number of hydrogen-bond acceptors (Lipinski definition) is 3. The van der Waals surface area contributed by atoms with E-state index in [1.807, 2.05) is 0 Å². The lowest BCUT2D eigenvalue weighted by atomic mass is 10.4. The maximum absolute atomic E-state index is 10.9. The molecular formula is C6H10N4O. The molecule has 1 aromatic heterocycles. The predicted molar refractivity (Wildman–Crippen MR) is 40.9 cm³/mol. The Balaban J connectivity index is 2.37. The number of H-pyrrole nitrogens is 1. The van der Waals surface area contributed by atoms with Crippen molar-refractivity contribution < 1.29 is 4.79 Å². The van der Waals surface area contributed by atoms with Crippen LogP contribution in [0.15, 0.2) is 12.4 Å². The Bertz CT molecular complexity index is 218. The average Bonchev–Trinajstić information content (AvgIpc) is 2.40. The fourth-order valence-electron chi connectivity index (χ4n) is 0.659. The molecule has 0 radical (unpaired) electrons. The van der Waals surface area contributed by atoms with Gasteiger partial charge in [0.05, 0.1) is 0 Å². The van der Waals surface area contributed by atoms with Crippen molar-refractivity contribution in [2.75, 3.05) is 11.9 Å². The second-order valence-electron chi connectivity index (χ2n) is 2.02. The van der Waals surface area contributed by atoms with Crippen LogP contribution in [-0.4, -0.2) is 22.4 Å². The van der Waals surface area contributed by atoms with Crippen molar-refractivity contribution in [1.29, 1.82) is 0 Å². The van der Waals surface area contributed by atoms with E-state index in [4.69, 9.17) is 5.73 Å². The molecular weight excluding hydrogens is 144 g/mol. The number of imidazole rings is 1. The lowest BCUT2D eigenvalue weighted by Gasteiger charge is -1.97. The van der Waals surface area contributed by atoms with Crippen LogP contribution in [0.1, 0.15) is 6.42 Å². The number of aromatic amines is 1. The minimum atomic E-state index is -0.123. The van der Waals surface area contributed by atoms with Crippen LogP contribution in [0.3, 0.4) is 0 Å². The molecule has 60 valence electrons. The van der Waals surface area contributed by atoms with Gasteiger partial charge in [0, 0.05) is 25.4 Å². The Morgan fingerprint density at radius 1 is 1.82 bits per heavy atom. The Hall–Kier alpha value is -1.36. The van der Waals surface area contributed by atoms with Crippen LogP contribution in [0.25, 0.3) is 0 Å². The highest BCUT2D eigenvalue weighted by molar-refractivity contribution is 5.88. The van der Waals surface area contributed by atoms with Gasteiger partial charge in [-0.1, -0.05) is 0 Å². The number of carbonyl (C=O) groups is 1. The van der Waals surface area contributed by atoms with Crippen molar-refractivity contribution in [3.8, 4) is 0 Å². The Kier molecular flexibility index (Phi) is 2.62. The number of nitrogens with two attached hydrogens (primary N) is 1. The van der Waals surface area contributed by atoms with Crippen molar-refractivity contribution >= 4 is 11.9 Å². The molecule has 5 nitrogen and oxygen atoms in total. The molecule has 0 unspecified atom stereocenters. The highest BCUT2D eigenvalue weighted by Crippen LogP contribution is 1.94. The van der Waals surface area contributed by atoms with E-state index >= 15 is 0 Å². The van der Waals surface area contributed by atoms with E-state index in [0.29, 0.717) is 18.9 Å². The van der Waals surface area contributed by atoms with Crippen LogP contribution in [0.5, 0.6) is 0 Å². The zero-order valence-corrected chi connectivity index (χ0v) is 6.00. The second kappa shape index (κ2) is 3.72. The maximum atomic E-state index is 10.9. The monoisotopic (exact) mass is 154 g/mol. The van der Waals surface area contributed by atoms with Crippen molar-refractivity contribution in [3.63, 3.8) is 0 Å². The molecule has 0 aliphatic rings. The predicted octanol–water partition coefficient (Wildman–Crippen LogP) is -0.303. The average molecular weight is 154 g/mol. The fourth-order valence-corrected chi connectivity index (χ4v) is 0.659. The molecule has 0 aliphatic heterocycles. The first-order valence-electron chi connectivity index (χ1n) is 3.32. The first-order valence-corrected chi connectivity index (χ1v) is 3.32. The van der Waals surface area contributed by atoms with Crippen LogP contribution < -0.4 is 11.1 Å². The van der Waals surface area contributed by atoms with E-state index in [2.05, 4.69) is 15.3 Å². The van der Waals surface area contributed by atoms with Gasteiger partial charge < -0.3 is 10.7 Å². The molecule has 0 saturated heterocycles. The number of amides is 1. The third-order valence-corrected chi connectivity index (χ3v) is 1.13. The van der Waals surface area contributed by atoms with Gasteiger partial charge >= 0.3 is 0 Å². The first kappa shape index (κ1) is 7.74. The van der Waals surface area contributed by atoms with Crippen LogP contribution in [0, 0.1) is 0 Å². The third-order valence-electron chi connectivity index (χ3n) is 1.13. The first-order chi connectivity index (χ1) is 5.33. The summed E-state index contributed by atoms with van der Waals surface area (Å²) in [5.41, 5.74) is 5.17. The number of nitrogens with zero attached hydrogens (tertiary/aromatic N) is 1. The quantitative estimate of drug-likeness (QED) is 0.558. The Morgan fingerprint density at radius 3 is 3.18 bits per heavy atom. The van der Waals surface area contributed by atoms with Gasteiger partial charge in [0.25, 0.3) is 0 Å². The van der Waals surface area contributed by atoms with Crippen LogP contribution >= 0.6 is 0 Å². The summed E-state index contributed by atoms with van der Waals surface area (Å²) in [6.07, 6.45) is 3.52. The molecule has 11 heavy (non-hydrogen) atoms. The van der Waals surface area contributed by atoms with Gasteiger partial charge in [-0.15, -0.1) is 0 Å². The zero-order valence-electron chi connectivity index (χ0n) is 6.00. The van der Waals surface area contributed by atoms with Crippen LogP contribution in [0.2, 0.25) is 0 Å². The van der Waals surface area contributed by atoms with Gasteiger partial charge in [0.2, 0.25) is 11.9 Å². The molecule has 1 rings (SSSR count). The molecule has 0 fully saturated rings. The Morgan fingerprint density at radius 2 is 2.64 bits per heavy atom. The third kappa shape index (κ3) is 2.38. The van der Waals surface area contributed by atoms with Crippen LogP contribution in [-0.2, 0) is 4.79 Å². The van der Waals surface area contributed by atoms with Gasteiger partial charge in [-0.2, -0.15) is 0 Å². The highest BCUT2D eigenvalue weighted by Gasteiger charge is 2.00. The van der Waals surface area contributed by atoms with Gasteiger partial charge in [-0.3, -0.25) is 10.1 Å². The smallest absolute Gasteiger partial charge is 0.227 e. The fraction of sp³-hybridized carbons (Fsp3) is 0.333. The molecule has 0 aliphatic carbocycles. The van der Waals surface area contributed by atoms with Gasteiger partial charge in [0.1, 0.15) is 0 Å². The maximum Gasteiger partial charge on any atom is 0.227 e. The second-order valence-corrected chi connectivity index (χ2v) is 2.02. The molecule has 0 spiro atoms. The van der Waals surface area contributed by atoms with E-state index < -0.39 is 0 Å². The standard InChI is InChI=1S/C6H10N4O/c7-2-1-5(11)10-6-8-3-4-9-6/h3-4H,1-2,7H2,(H2,8,9,10,11). The number of carbonyl (C=O) groups excluding carboxylic acids is 1. The number of aromatic nitrogens is 2. The molecule has 0 bridgehead atoms. The summed E-state index contributed by atoms with van der Waals surface area (Å²) in [6.45, 7) is 0.354. The van der Waals surface area contributed by atoms with E-state index in [-0.39, 0.29) is 5.91 Å². The lowest BCUT2D eigenvalue weighted by molar-refractivity contribution is -0.116. The summed E-state index contributed by atoms with van der Waals surface area (Å²) < 4.78 is 0. The van der Waals surface area contributed by atoms with Gasteiger partial charge in [-0.05, 0) is 0 Å². The molecule has 1 amide bonds.